The van der Waals surface area contributed by atoms with Crippen molar-refractivity contribution in [1.29, 1.82) is 0 Å². The molecule has 1 rings (SSSR count). The number of H-pyrrole nitrogens is 1. The van der Waals surface area contributed by atoms with Gasteiger partial charge in [0.1, 0.15) is 0 Å². The summed E-state index contributed by atoms with van der Waals surface area (Å²) in [5.41, 5.74) is -1.31. The Hall–Kier alpha value is -1.66. The Balaban J connectivity index is 2.84. The molecule has 0 radical (unpaired) electrons. The average Bonchev–Trinajstić information content (AvgIpc) is 2.29. The summed E-state index contributed by atoms with van der Waals surface area (Å²) in [4.78, 5) is 25.0. The van der Waals surface area contributed by atoms with E-state index in [0.717, 1.165) is 6.07 Å². The van der Waals surface area contributed by atoms with Gasteiger partial charge in [-0.2, -0.15) is 0 Å². The number of amides is 1. The number of pyridine rings is 1. The van der Waals surface area contributed by atoms with Gasteiger partial charge in [0.05, 0.1) is 18.8 Å². The Morgan fingerprint density at radius 1 is 1.50 bits per heavy atom. The largest absolute Gasteiger partial charge is 0.394 e. The van der Waals surface area contributed by atoms with Crippen molar-refractivity contribution < 1.29 is 15.0 Å². The van der Waals surface area contributed by atoms with Crippen molar-refractivity contribution in [3.8, 4) is 0 Å². The van der Waals surface area contributed by atoms with E-state index >= 15 is 0 Å². The molecule has 6 nitrogen and oxygen atoms in total. The number of carbonyl (C=O) groups excluding carboxylic acids is 1. The molecule has 88 valence electrons. The van der Waals surface area contributed by atoms with Crippen LogP contribution in [0.2, 0.25) is 0 Å². The highest BCUT2D eigenvalue weighted by Crippen LogP contribution is 2.03. The van der Waals surface area contributed by atoms with Crippen molar-refractivity contribution in [3.63, 3.8) is 0 Å². The number of carbonyl (C=O) groups is 1. The second-order valence-electron chi connectivity index (χ2n) is 3.77. The monoisotopic (exact) mass is 226 g/mol. The predicted octanol–water partition coefficient (Wildman–Crippen LogP) is -1.15. The number of aromatic amines is 1. The van der Waals surface area contributed by atoms with Crippen LogP contribution in [0.3, 0.4) is 0 Å². The van der Waals surface area contributed by atoms with Crippen molar-refractivity contribution in [3.05, 3.63) is 34.2 Å². The Bertz CT molecular complexity index is 423. The van der Waals surface area contributed by atoms with E-state index in [9.17, 15) is 9.59 Å². The third kappa shape index (κ3) is 2.91. The van der Waals surface area contributed by atoms with Crippen LogP contribution in [0.5, 0.6) is 0 Å². The van der Waals surface area contributed by atoms with Gasteiger partial charge in [0.25, 0.3) is 5.91 Å². The first-order chi connectivity index (χ1) is 7.50. The molecule has 16 heavy (non-hydrogen) atoms. The highest BCUT2D eigenvalue weighted by atomic mass is 16.3. The van der Waals surface area contributed by atoms with Crippen molar-refractivity contribution >= 4 is 5.91 Å². The summed E-state index contributed by atoms with van der Waals surface area (Å²) in [6, 6.07) is 2.58. The molecule has 0 aliphatic carbocycles. The fraction of sp³-hybridized carbons (Fsp3) is 0.400. The predicted molar refractivity (Wildman–Crippen MR) is 57.1 cm³/mol. The number of nitrogens with one attached hydrogen (secondary N) is 2. The van der Waals surface area contributed by atoms with Crippen molar-refractivity contribution in [2.75, 3.05) is 13.2 Å². The van der Waals surface area contributed by atoms with E-state index in [4.69, 9.17) is 10.2 Å². The minimum Gasteiger partial charge on any atom is -0.394 e. The van der Waals surface area contributed by atoms with Crippen LogP contribution < -0.4 is 10.9 Å². The van der Waals surface area contributed by atoms with Gasteiger partial charge in [0.15, 0.2) is 0 Å². The van der Waals surface area contributed by atoms with E-state index in [0.29, 0.717) is 0 Å². The standard InChI is InChI=1S/C10H14N2O4/c1-10(5-13,6-14)12-9(16)7-2-3-11-8(15)4-7/h2-4,13-14H,5-6H2,1H3,(H,11,15)(H,12,16). The lowest BCUT2D eigenvalue weighted by Gasteiger charge is -2.26. The zero-order valence-corrected chi connectivity index (χ0v) is 8.86. The third-order valence-corrected chi connectivity index (χ3v) is 2.15. The van der Waals surface area contributed by atoms with E-state index in [1.165, 1.54) is 19.2 Å². The Morgan fingerprint density at radius 2 is 2.12 bits per heavy atom. The van der Waals surface area contributed by atoms with Crippen molar-refractivity contribution in [2.45, 2.75) is 12.5 Å². The molecule has 4 N–H and O–H groups in total. The number of aliphatic hydroxyl groups is 2. The summed E-state index contributed by atoms with van der Waals surface area (Å²) in [5.74, 6) is -0.517. The Labute approximate surface area is 91.9 Å². The van der Waals surface area contributed by atoms with Crippen LogP contribution in [-0.4, -0.2) is 39.9 Å². The molecule has 0 saturated heterocycles. The fourth-order valence-electron chi connectivity index (χ4n) is 1.06. The molecule has 0 atom stereocenters. The third-order valence-electron chi connectivity index (χ3n) is 2.15. The van der Waals surface area contributed by atoms with E-state index in [-0.39, 0.29) is 11.1 Å². The minimum absolute atomic E-state index is 0.178. The van der Waals surface area contributed by atoms with Gasteiger partial charge in [-0.25, -0.2) is 0 Å². The summed E-state index contributed by atoms with van der Waals surface area (Å²) in [6.45, 7) is 0.717. The summed E-state index contributed by atoms with van der Waals surface area (Å²) in [6.07, 6.45) is 1.35. The van der Waals surface area contributed by atoms with Crippen LogP contribution in [0.1, 0.15) is 17.3 Å². The van der Waals surface area contributed by atoms with Crippen LogP contribution in [-0.2, 0) is 0 Å². The SMILES string of the molecule is CC(CO)(CO)NC(=O)c1cc[nH]c(=O)c1. The maximum atomic E-state index is 11.6. The first-order valence-electron chi connectivity index (χ1n) is 4.74. The van der Waals surface area contributed by atoms with Gasteiger partial charge in [-0.1, -0.05) is 0 Å². The zero-order valence-electron chi connectivity index (χ0n) is 8.86. The van der Waals surface area contributed by atoms with Crippen LogP contribution in [0, 0.1) is 0 Å². The summed E-state index contributed by atoms with van der Waals surface area (Å²) in [7, 11) is 0. The molecule has 0 fully saturated rings. The van der Waals surface area contributed by atoms with Gasteiger partial charge in [-0.15, -0.1) is 0 Å². The molecule has 1 aromatic rings. The average molecular weight is 226 g/mol. The Kier molecular flexibility index (Phi) is 3.81. The van der Waals surface area contributed by atoms with Gasteiger partial charge in [0.2, 0.25) is 5.56 Å². The molecule has 0 saturated carbocycles. The second kappa shape index (κ2) is 4.91. The van der Waals surface area contributed by atoms with E-state index in [1.807, 2.05) is 0 Å². The number of hydrogen-bond donors (Lipinski definition) is 4. The zero-order chi connectivity index (χ0) is 12.2. The topological polar surface area (TPSA) is 102 Å². The summed E-state index contributed by atoms with van der Waals surface area (Å²) >= 11 is 0. The molecule has 6 heteroatoms. The number of rotatable bonds is 4. The molecule has 1 heterocycles. The summed E-state index contributed by atoms with van der Waals surface area (Å²) < 4.78 is 0. The van der Waals surface area contributed by atoms with Gasteiger partial charge in [-0.05, 0) is 13.0 Å². The number of aliphatic hydroxyl groups excluding tert-OH is 2. The van der Waals surface area contributed by atoms with Crippen LogP contribution in [0.15, 0.2) is 23.1 Å². The van der Waals surface area contributed by atoms with Gasteiger partial charge < -0.3 is 20.5 Å². The van der Waals surface area contributed by atoms with Crippen molar-refractivity contribution in [2.24, 2.45) is 0 Å². The van der Waals surface area contributed by atoms with E-state index in [2.05, 4.69) is 10.3 Å². The summed E-state index contributed by atoms with van der Waals surface area (Å²) in [5, 5.41) is 20.4. The normalized spacial score (nSPS) is 11.2. The number of hydrogen-bond acceptors (Lipinski definition) is 4. The van der Waals surface area contributed by atoms with Gasteiger partial charge in [-0.3, -0.25) is 9.59 Å². The molecule has 0 bridgehead atoms. The van der Waals surface area contributed by atoms with E-state index in [1.54, 1.807) is 0 Å². The van der Waals surface area contributed by atoms with Crippen LogP contribution in [0.25, 0.3) is 0 Å². The first-order valence-corrected chi connectivity index (χ1v) is 4.74. The van der Waals surface area contributed by atoms with Gasteiger partial charge >= 0.3 is 0 Å². The molecular weight excluding hydrogens is 212 g/mol. The maximum absolute atomic E-state index is 11.6. The van der Waals surface area contributed by atoms with Crippen molar-refractivity contribution in [1.82, 2.24) is 10.3 Å². The first kappa shape index (κ1) is 12.4. The molecule has 0 unspecified atom stereocenters. The minimum atomic E-state index is -1.10. The Morgan fingerprint density at radius 3 is 2.62 bits per heavy atom. The second-order valence-corrected chi connectivity index (χ2v) is 3.77. The lowest BCUT2D eigenvalue weighted by atomic mass is 10.0. The molecular formula is C10H14N2O4. The lowest BCUT2D eigenvalue weighted by molar-refractivity contribution is 0.0723. The quantitative estimate of drug-likeness (QED) is 0.520. The van der Waals surface area contributed by atoms with E-state index < -0.39 is 24.7 Å². The lowest BCUT2D eigenvalue weighted by Crippen LogP contribution is -2.51. The smallest absolute Gasteiger partial charge is 0.252 e. The maximum Gasteiger partial charge on any atom is 0.252 e. The molecule has 0 aliphatic heterocycles. The van der Waals surface area contributed by atoms with Gasteiger partial charge in [0, 0.05) is 17.8 Å². The molecule has 0 aromatic carbocycles. The molecule has 1 aromatic heterocycles. The molecule has 0 spiro atoms. The highest BCUT2D eigenvalue weighted by molar-refractivity contribution is 5.94. The molecule has 0 aliphatic rings. The number of aromatic nitrogens is 1. The highest BCUT2D eigenvalue weighted by Gasteiger charge is 2.25. The fourth-order valence-corrected chi connectivity index (χ4v) is 1.06. The molecule has 1 amide bonds. The van der Waals surface area contributed by atoms with Crippen LogP contribution in [0.4, 0.5) is 0 Å². The van der Waals surface area contributed by atoms with Crippen LogP contribution >= 0.6 is 0 Å².